The molecule has 0 heterocycles. The number of hydrogen-bond acceptors (Lipinski definition) is 3. The third-order valence-electron chi connectivity index (χ3n) is 2.94. The van der Waals surface area contributed by atoms with Crippen molar-refractivity contribution in [2.75, 3.05) is 13.7 Å². The number of ether oxygens (including phenoxy) is 1. The van der Waals surface area contributed by atoms with Crippen LogP contribution >= 0.6 is 0 Å². The molecule has 0 fully saturated rings. The Hall–Kier alpha value is -1.39. The summed E-state index contributed by atoms with van der Waals surface area (Å²) in [5.41, 5.74) is 1.04. The Bertz CT molecular complexity index is 378. The monoisotopic (exact) mass is 265 g/mol. The average molecular weight is 265 g/mol. The van der Waals surface area contributed by atoms with Crippen molar-refractivity contribution in [2.45, 2.75) is 32.4 Å². The minimum Gasteiger partial charge on any atom is -0.480 e. The highest BCUT2D eigenvalue weighted by Gasteiger charge is 2.23. The molecule has 1 rings (SSSR count). The molecule has 0 aliphatic rings. The maximum absolute atomic E-state index is 11.3. The van der Waals surface area contributed by atoms with Gasteiger partial charge in [-0.25, -0.2) is 0 Å². The third kappa shape index (κ3) is 5.41. The Kier molecular flexibility index (Phi) is 6.53. The van der Waals surface area contributed by atoms with Crippen molar-refractivity contribution in [3.8, 4) is 0 Å². The van der Waals surface area contributed by atoms with Crippen molar-refractivity contribution in [1.29, 1.82) is 0 Å². The highest BCUT2D eigenvalue weighted by molar-refractivity contribution is 5.73. The summed E-state index contributed by atoms with van der Waals surface area (Å²) in [5.74, 6) is -0.488. The first kappa shape index (κ1) is 15.7. The van der Waals surface area contributed by atoms with E-state index in [1.807, 2.05) is 44.2 Å². The van der Waals surface area contributed by atoms with Gasteiger partial charge in [0.1, 0.15) is 6.04 Å². The molecule has 1 aromatic rings. The molecule has 0 radical (unpaired) electrons. The molecule has 0 aromatic heterocycles. The lowest BCUT2D eigenvalue weighted by Gasteiger charge is -2.24. The van der Waals surface area contributed by atoms with Crippen LogP contribution in [0.15, 0.2) is 30.3 Å². The Morgan fingerprint density at radius 3 is 2.42 bits per heavy atom. The van der Waals surface area contributed by atoms with Crippen molar-refractivity contribution in [1.82, 2.24) is 5.32 Å². The second-order valence-corrected chi connectivity index (χ2v) is 5.11. The van der Waals surface area contributed by atoms with Crippen molar-refractivity contribution in [2.24, 2.45) is 5.92 Å². The molecule has 0 amide bonds. The molecule has 4 nitrogen and oxygen atoms in total. The Labute approximate surface area is 114 Å². The molecule has 1 aromatic carbocycles. The SMILES string of the molecule is COCC(NC(CC(C)C)C(=O)O)c1ccccc1. The fourth-order valence-corrected chi connectivity index (χ4v) is 2.05. The Morgan fingerprint density at radius 2 is 1.95 bits per heavy atom. The molecular formula is C15H23NO3. The number of methoxy groups -OCH3 is 1. The summed E-state index contributed by atoms with van der Waals surface area (Å²) in [4.78, 5) is 11.3. The number of hydrogen-bond donors (Lipinski definition) is 2. The van der Waals surface area contributed by atoms with Crippen LogP contribution in [0, 0.1) is 5.92 Å². The van der Waals surface area contributed by atoms with Gasteiger partial charge in [0.15, 0.2) is 0 Å². The van der Waals surface area contributed by atoms with Gasteiger partial charge in [-0.3, -0.25) is 10.1 Å². The number of nitrogens with one attached hydrogen (secondary N) is 1. The van der Waals surface area contributed by atoms with E-state index in [9.17, 15) is 9.90 Å². The molecule has 106 valence electrons. The van der Waals surface area contributed by atoms with Gasteiger partial charge in [-0.2, -0.15) is 0 Å². The molecular weight excluding hydrogens is 242 g/mol. The lowest BCUT2D eigenvalue weighted by atomic mass is 10.0. The molecule has 0 bridgehead atoms. The molecule has 2 N–H and O–H groups in total. The summed E-state index contributed by atoms with van der Waals surface area (Å²) < 4.78 is 5.19. The van der Waals surface area contributed by atoms with Crippen LogP contribution in [0.5, 0.6) is 0 Å². The summed E-state index contributed by atoms with van der Waals surface area (Å²) in [6, 6.07) is 9.12. The molecule has 4 heteroatoms. The van der Waals surface area contributed by atoms with Crippen LogP contribution < -0.4 is 5.32 Å². The van der Waals surface area contributed by atoms with Crippen LogP contribution in [0.25, 0.3) is 0 Å². The predicted molar refractivity (Wildman–Crippen MR) is 75.1 cm³/mol. The first-order valence-electron chi connectivity index (χ1n) is 6.57. The van der Waals surface area contributed by atoms with Crippen LogP contribution in [-0.2, 0) is 9.53 Å². The number of rotatable bonds is 8. The highest BCUT2D eigenvalue weighted by atomic mass is 16.5. The van der Waals surface area contributed by atoms with Gasteiger partial charge in [0.25, 0.3) is 0 Å². The first-order chi connectivity index (χ1) is 9.04. The molecule has 0 saturated heterocycles. The van der Waals surface area contributed by atoms with E-state index in [1.54, 1.807) is 7.11 Å². The van der Waals surface area contributed by atoms with E-state index in [2.05, 4.69) is 5.32 Å². The van der Waals surface area contributed by atoms with E-state index in [4.69, 9.17) is 4.74 Å². The Balaban J connectivity index is 2.78. The Morgan fingerprint density at radius 1 is 1.32 bits per heavy atom. The van der Waals surface area contributed by atoms with Crippen LogP contribution in [-0.4, -0.2) is 30.8 Å². The minimum atomic E-state index is -0.814. The number of aliphatic carboxylic acids is 1. The van der Waals surface area contributed by atoms with Crippen molar-refractivity contribution in [3.63, 3.8) is 0 Å². The summed E-state index contributed by atoms with van der Waals surface area (Å²) in [5, 5.41) is 12.5. The largest absolute Gasteiger partial charge is 0.480 e. The van der Waals surface area contributed by atoms with Crippen LogP contribution in [0.3, 0.4) is 0 Å². The van der Waals surface area contributed by atoms with E-state index < -0.39 is 12.0 Å². The van der Waals surface area contributed by atoms with Gasteiger partial charge in [0, 0.05) is 7.11 Å². The molecule has 2 unspecified atom stereocenters. The lowest BCUT2D eigenvalue weighted by Crippen LogP contribution is -2.41. The van der Waals surface area contributed by atoms with E-state index in [1.165, 1.54) is 0 Å². The van der Waals surface area contributed by atoms with E-state index >= 15 is 0 Å². The van der Waals surface area contributed by atoms with Crippen LogP contribution in [0.2, 0.25) is 0 Å². The first-order valence-corrected chi connectivity index (χ1v) is 6.57. The average Bonchev–Trinajstić information content (AvgIpc) is 2.37. The van der Waals surface area contributed by atoms with Crippen molar-refractivity contribution in [3.05, 3.63) is 35.9 Å². The normalized spacial score (nSPS) is 14.3. The van der Waals surface area contributed by atoms with Gasteiger partial charge in [0.2, 0.25) is 0 Å². The molecule has 0 spiro atoms. The van der Waals surface area contributed by atoms with Gasteiger partial charge in [-0.05, 0) is 17.9 Å². The number of carbonyl (C=O) groups is 1. The molecule has 0 aliphatic carbocycles. The molecule has 0 aliphatic heterocycles. The van der Waals surface area contributed by atoms with Gasteiger partial charge in [-0.15, -0.1) is 0 Å². The lowest BCUT2D eigenvalue weighted by molar-refractivity contribution is -0.140. The summed E-state index contributed by atoms with van der Waals surface area (Å²) in [6.07, 6.45) is 0.600. The topological polar surface area (TPSA) is 58.6 Å². The second kappa shape index (κ2) is 7.92. The highest BCUT2D eigenvalue weighted by Crippen LogP contribution is 2.16. The zero-order valence-corrected chi connectivity index (χ0v) is 11.8. The van der Waals surface area contributed by atoms with Gasteiger partial charge < -0.3 is 9.84 Å². The minimum absolute atomic E-state index is 0.106. The van der Waals surface area contributed by atoms with Crippen molar-refractivity contribution >= 4 is 5.97 Å². The van der Waals surface area contributed by atoms with E-state index in [0.29, 0.717) is 18.9 Å². The quantitative estimate of drug-likeness (QED) is 0.758. The van der Waals surface area contributed by atoms with Gasteiger partial charge in [-0.1, -0.05) is 44.2 Å². The molecule has 0 saturated carbocycles. The zero-order valence-electron chi connectivity index (χ0n) is 11.8. The maximum atomic E-state index is 11.3. The standard InChI is InChI=1S/C15H23NO3/c1-11(2)9-13(15(17)18)16-14(10-19-3)12-7-5-4-6-8-12/h4-8,11,13-14,16H,9-10H2,1-3H3,(H,17,18). The van der Waals surface area contributed by atoms with Crippen LogP contribution in [0.4, 0.5) is 0 Å². The van der Waals surface area contributed by atoms with Crippen LogP contribution in [0.1, 0.15) is 31.9 Å². The zero-order chi connectivity index (χ0) is 14.3. The second-order valence-electron chi connectivity index (χ2n) is 5.11. The summed E-state index contributed by atoms with van der Waals surface area (Å²) in [7, 11) is 1.62. The predicted octanol–water partition coefficient (Wildman–Crippen LogP) is 2.46. The number of carboxylic acids is 1. The molecule has 2 atom stereocenters. The van der Waals surface area contributed by atoms with E-state index in [-0.39, 0.29) is 6.04 Å². The molecule has 19 heavy (non-hydrogen) atoms. The van der Waals surface area contributed by atoms with Crippen molar-refractivity contribution < 1.29 is 14.6 Å². The fraction of sp³-hybridized carbons (Fsp3) is 0.533. The third-order valence-corrected chi connectivity index (χ3v) is 2.94. The van der Waals surface area contributed by atoms with E-state index in [0.717, 1.165) is 5.56 Å². The number of benzene rings is 1. The summed E-state index contributed by atoms with van der Waals surface area (Å²) >= 11 is 0. The van der Waals surface area contributed by atoms with Gasteiger partial charge in [0.05, 0.1) is 12.6 Å². The fourth-order valence-electron chi connectivity index (χ4n) is 2.05. The smallest absolute Gasteiger partial charge is 0.320 e. The summed E-state index contributed by atoms with van der Waals surface area (Å²) in [6.45, 7) is 4.49. The van der Waals surface area contributed by atoms with Gasteiger partial charge >= 0.3 is 5.97 Å². The number of carboxylic acid groups (broad SMARTS) is 1. The maximum Gasteiger partial charge on any atom is 0.320 e.